The van der Waals surface area contributed by atoms with Crippen LogP contribution < -0.4 is 0 Å². The van der Waals surface area contributed by atoms with Crippen LogP contribution in [-0.2, 0) is 11.3 Å². The van der Waals surface area contributed by atoms with Crippen LogP contribution in [-0.4, -0.2) is 22.3 Å². The van der Waals surface area contributed by atoms with Crippen molar-refractivity contribution >= 4 is 12.0 Å². The Balaban J connectivity index is 2.08. The molecule has 116 valence electrons. The molecular weight excluding hydrogens is 293 g/mol. The Hall–Kier alpha value is -3.00. The topological polar surface area (TPSA) is 57.0 Å². The highest BCUT2D eigenvalue weighted by molar-refractivity contribution is 5.91. The predicted molar refractivity (Wildman–Crippen MR) is 85.3 cm³/mol. The maximum absolute atomic E-state index is 13.1. The zero-order valence-electron chi connectivity index (χ0n) is 12.5. The van der Waals surface area contributed by atoms with Gasteiger partial charge in [-0.3, -0.25) is 9.78 Å². The Labute approximate surface area is 134 Å². The van der Waals surface area contributed by atoms with Gasteiger partial charge >= 0.3 is 0 Å². The number of pyridine rings is 1. The van der Waals surface area contributed by atoms with Crippen LogP contribution in [0.4, 0.5) is 4.39 Å². The third-order valence-corrected chi connectivity index (χ3v) is 3.17. The molecule has 1 aromatic carbocycles. The number of aromatic nitrogens is 1. The molecule has 0 saturated heterocycles. The van der Waals surface area contributed by atoms with E-state index in [0.717, 1.165) is 5.56 Å². The summed E-state index contributed by atoms with van der Waals surface area (Å²) in [6.07, 6.45) is 6.55. The zero-order valence-corrected chi connectivity index (χ0v) is 12.5. The van der Waals surface area contributed by atoms with Gasteiger partial charge in [-0.1, -0.05) is 18.2 Å². The molecule has 0 saturated carbocycles. The molecule has 1 aromatic heterocycles. The molecule has 0 spiro atoms. The summed E-state index contributed by atoms with van der Waals surface area (Å²) in [5, 5.41) is 8.74. The summed E-state index contributed by atoms with van der Waals surface area (Å²) in [7, 11) is 0. The molecular formula is C18H16FN3O. The molecule has 0 atom stereocenters. The molecule has 23 heavy (non-hydrogen) atoms. The molecule has 1 amide bonds. The lowest BCUT2D eigenvalue weighted by atomic mass is 10.2. The van der Waals surface area contributed by atoms with Crippen LogP contribution in [0.5, 0.6) is 0 Å². The highest BCUT2D eigenvalue weighted by Crippen LogP contribution is 2.08. The average molecular weight is 309 g/mol. The summed E-state index contributed by atoms with van der Waals surface area (Å²) < 4.78 is 13.1. The average Bonchev–Trinajstić information content (AvgIpc) is 2.57. The minimum atomic E-state index is -0.351. The second-order valence-corrected chi connectivity index (χ2v) is 4.92. The van der Waals surface area contributed by atoms with Gasteiger partial charge in [0.1, 0.15) is 5.82 Å². The molecule has 0 aliphatic carbocycles. The Morgan fingerprint density at radius 2 is 2.22 bits per heavy atom. The zero-order chi connectivity index (χ0) is 16.5. The number of carbonyl (C=O) groups excluding carboxylic acids is 1. The Kier molecular flexibility index (Phi) is 6.01. The van der Waals surface area contributed by atoms with Gasteiger partial charge in [-0.15, -0.1) is 0 Å². The van der Waals surface area contributed by atoms with Crippen LogP contribution >= 0.6 is 0 Å². The van der Waals surface area contributed by atoms with E-state index in [4.69, 9.17) is 5.26 Å². The highest BCUT2D eigenvalue weighted by Gasteiger charge is 2.11. The van der Waals surface area contributed by atoms with E-state index in [0.29, 0.717) is 18.7 Å². The summed E-state index contributed by atoms with van der Waals surface area (Å²) in [6.45, 7) is 0.708. The molecule has 0 aliphatic heterocycles. The van der Waals surface area contributed by atoms with Crippen molar-refractivity contribution in [1.82, 2.24) is 9.88 Å². The fourth-order valence-electron chi connectivity index (χ4n) is 2.05. The number of benzene rings is 1. The van der Waals surface area contributed by atoms with Gasteiger partial charge in [0, 0.05) is 31.6 Å². The van der Waals surface area contributed by atoms with Gasteiger partial charge in [-0.05, 0) is 35.4 Å². The van der Waals surface area contributed by atoms with Crippen molar-refractivity contribution in [3.63, 3.8) is 0 Å². The van der Waals surface area contributed by atoms with Gasteiger partial charge in [0.15, 0.2) is 0 Å². The third kappa shape index (κ3) is 5.36. The van der Waals surface area contributed by atoms with Gasteiger partial charge in [0.25, 0.3) is 0 Å². The first-order valence-corrected chi connectivity index (χ1v) is 7.17. The van der Waals surface area contributed by atoms with Gasteiger partial charge in [0.2, 0.25) is 5.91 Å². The lowest BCUT2D eigenvalue weighted by Crippen LogP contribution is -2.29. The first-order chi connectivity index (χ1) is 11.2. The van der Waals surface area contributed by atoms with Crippen LogP contribution in [0.25, 0.3) is 6.08 Å². The molecule has 2 aromatic rings. The lowest BCUT2D eigenvalue weighted by molar-refractivity contribution is -0.126. The standard InChI is InChI=1S/C18H16FN3O/c19-17-6-1-4-15(12-17)7-8-18(23)22(11-3-9-20)14-16-5-2-10-21-13-16/h1-2,4-8,10,12-13H,3,11,14H2/b8-7+. The van der Waals surface area contributed by atoms with Crippen molar-refractivity contribution in [1.29, 1.82) is 5.26 Å². The molecule has 0 aliphatic rings. The van der Waals surface area contributed by atoms with Gasteiger partial charge < -0.3 is 4.90 Å². The third-order valence-electron chi connectivity index (χ3n) is 3.17. The van der Waals surface area contributed by atoms with E-state index in [1.165, 1.54) is 18.2 Å². The van der Waals surface area contributed by atoms with Gasteiger partial charge in [-0.25, -0.2) is 4.39 Å². The summed E-state index contributed by atoms with van der Waals surface area (Å²) in [4.78, 5) is 17.9. The highest BCUT2D eigenvalue weighted by atomic mass is 19.1. The van der Waals surface area contributed by atoms with Crippen LogP contribution in [0, 0.1) is 17.1 Å². The largest absolute Gasteiger partial charge is 0.334 e. The van der Waals surface area contributed by atoms with Gasteiger partial charge in [0.05, 0.1) is 12.5 Å². The fourth-order valence-corrected chi connectivity index (χ4v) is 2.05. The second kappa shape index (κ2) is 8.44. The number of hydrogen-bond donors (Lipinski definition) is 0. The van der Waals surface area contributed by atoms with E-state index in [1.54, 1.807) is 41.6 Å². The van der Waals surface area contributed by atoms with E-state index >= 15 is 0 Å². The monoisotopic (exact) mass is 309 g/mol. The van der Waals surface area contributed by atoms with Crippen LogP contribution in [0.1, 0.15) is 17.5 Å². The van der Waals surface area contributed by atoms with E-state index in [2.05, 4.69) is 4.98 Å². The van der Waals surface area contributed by atoms with Crippen molar-refractivity contribution in [3.8, 4) is 6.07 Å². The quantitative estimate of drug-likeness (QED) is 0.770. The fraction of sp³-hybridized carbons (Fsp3) is 0.167. The maximum Gasteiger partial charge on any atom is 0.246 e. The van der Waals surface area contributed by atoms with Crippen molar-refractivity contribution in [2.45, 2.75) is 13.0 Å². The van der Waals surface area contributed by atoms with E-state index in [-0.39, 0.29) is 18.1 Å². The van der Waals surface area contributed by atoms with E-state index in [9.17, 15) is 9.18 Å². The molecule has 0 unspecified atom stereocenters. The van der Waals surface area contributed by atoms with Crippen LogP contribution in [0.3, 0.4) is 0 Å². The summed E-state index contributed by atoms with van der Waals surface area (Å²) in [6, 6.07) is 11.7. The summed E-state index contributed by atoms with van der Waals surface area (Å²) in [5.74, 6) is -0.579. The lowest BCUT2D eigenvalue weighted by Gasteiger charge is -2.19. The van der Waals surface area contributed by atoms with E-state index < -0.39 is 0 Å². The van der Waals surface area contributed by atoms with Crippen molar-refractivity contribution in [2.24, 2.45) is 0 Å². The SMILES string of the molecule is N#CCCN(Cc1cccnc1)C(=O)/C=C/c1cccc(F)c1. The molecule has 5 heteroatoms. The first kappa shape index (κ1) is 16.4. The van der Waals surface area contributed by atoms with Crippen LogP contribution in [0.2, 0.25) is 0 Å². The van der Waals surface area contributed by atoms with Crippen LogP contribution in [0.15, 0.2) is 54.9 Å². The number of hydrogen-bond acceptors (Lipinski definition) is 3. The molecule has 0 bridgehead atoms. The number of rotatable bonds is 6. The molecule has 1 heterocycles. The van der Waals surface area contributed by atoms with Gasteiger partial charge in [-0.2, -0.15) is 5.26 Å². The summed E-state index contributed by atoms with van der Waals surface area (Å²) >= 11 is 0. The van der Waals surface area contributed by atoms with Crippen molar-refractivity contribution in [3.05, 3.63) is 71.8 Å². The Bertz CT molecular complexity index is 723. The minimum Gasteiger partial charge on any atom is -0.334 e. The smallest absolute Gasteiger partial charge is 0.246 e. The number of halogens is 1. The molecule has 2 rings (SSSR count). The van der Waals surface area contributed by atoms with Crippen molar-refractivity contribution < 1.29 is 9.18 Å². The number of nitrogens with zero attached hydrogens (tertiary/aromatic N) is 3. The van der Waals surface area contributed by atoms with E-state index in [1.807, 2.05) is 12.1 Å². The summed E-state index contributed by atoms with van der Waals surface area (Å²) in [5.41, 5.74) is 1.50. The normalized spacial score (nSPS) is 10.4. The number of carbonyl (C=O) groups is 1. The number of nitriles is 1. The number of amides is 1. The Morgan fingerprint density at radius 1 is 1.35 bits per heavy atom. The predicted octanol–water partition coefficient (Wildman–Crippen LogP) is 3.18. The second-order valence-electron chi connectivity index (χ2n) is 4.92. The molecule has 0 radical (unpaired) electrons. The molecule has 0 N–H and O–H groups in total. The van der Waals surface area contributed by atoms with Crippen molar-refractivity contribution in [2.75, 3.05) is 6.54 Å². The Morgan fingerprint density at radius 3 is 2.91 bits per heavy atom. The molecule has 0 fully saturated rings. The molecule has 4 nitrogen and oxygen atoms in total. The maximum atomic E-state index is 13.1. The minimum absolute atomic E-state index is 0.228. The first-order valence-electron chi connectivity index (χ1n) is 7.17.